The Hall–Kier alpha value is -3.10. The van der Waals surface area contributed by atoms with E-state index < -0.39 is 5.24 Å². The second-order valence-electron chi connectivity index (χ2n) is 5.17. The van der Waals surface area contributed by atoms with E-state index in [0.717, 1.165) is 11.8 Å². The van der Waals surface area contributed by atoms with E-state index in [1.54, 1.807) is 41.3 Å². The standard InChI is InChI=1S/C14H14ClN7.C3H3ClO/c1-22-8-10(7-18-22)19-14-17-5-4-13(21-14)20-12-6-9(16)2-3-11(12)15;1-2-3(4)5/h2-8H,16H2,1H3,(H2,17,19,20,21);2H,1H2. The maximum atomic E-state index is 9.46. The molecule has 0 aliphatic carbocycles. The minimum absolute atomic E-state index is 0.457. The van der Waals surface area contributed by atoms with Gasteiger partial charge in [-0.05, 0) is 41.9 Å². The van der Waals surface area contributed by atoms with Gasteiger partial charge in [0.05, 0.1) is 22.6 Å². The zero-order chi connectivity index (χ0) is 19.8. The van der Waals surface area contributed by atoms with Gasteiger partial charge in [0, 0.05) is 25.1 Å². The van der Waals surface area contributed by atoms with Crippen LogP contribution in [0, 0.1) is 0 Å². The van der Waals surface area contributed by atoms with Crippen molar-refractivity contribution in [3.05, 3.63) is 60.5 Å². The van der Waals surface area contributed by atoms with Crippen LogP contribution in [0.5, 0.6) is 0 Å². The van der Waals surface area contributed by atoms with Crippen LogP contribution in [-0.2, 0) is 11.8 Å². The summed E-state index contributed by atoms with van der Waals surface area (Å²) in [6.07, 6.45) is 6.21. The van der Waals surface area contributed by atoms with Gasteiger partial charge in [-0.25, -0.2) is 4.98 Å². The van der Waals surface area contributed by atoms with Crippen molar-refractivity contribution in [3.63, 3.8) is 0 Å². The lowest BCUT2D eigenvalue weighted by Gasteiger charge is -2.09. The van der Waals surface area contributed by atoms with Crippen LogP contribution >= 0.6 is 23.2 Å². The monoisotopic (exact) mass is 405 g/mol. The molecule has 0 aliphatic rings. The molecule has 0 amide bonds. The molecule has 140 valence electrons. The molecular weight excluding hydrogens is 389 g/mol. The van der Waals surface area contributed by atoms with Gasteiger partial charge in [0.15, 0.2) is 0 Å². The Morgan fingerprint density at radius 1 is 1.33 bits per heavy atom. The maximum absolute atomic E-state index is 9.46. The highest BCUT2D eigenvalue weighted by molar-refractivity contribution is 6.66. The Kier molecular flexibility index (Phi) is 7.16. The molecule has 1 aromatic carbocycles. The van der Waals surface area contributed by atoms with Gasteiger partial charge in [-0.15, -0.1) is 0 Å². The number of nitrogens with zero attached hydrogens (tertiary/aromatic N) is 4. The summed E-state index contributed by atoms with van der Waals surface area (Å²) in [7, 11) is 1.84. The predicted octanol–water partition coefficient (Wildman–Crippen LogP) is 3.87. The summed E-state index contributed by atoms with van der Waals surface area (Å²) in [5.74, 6) is 1.06. The Bertz CT molecular complexity index is 943. The van der Waals surface area contributed by atoms with E-state index >= 15 is 0 Å². The number of aromatic nitrogens is 4. The molecule has 0 spiro atoms. The molecule has 4 N–H and O–H groups in total. The van der Waals surface area contributed by atoms with E-state index in [-0.39, 0.29) is 0 Å². The third kappa shape index (κ3) is 6.61. The topological polar surface area (TPSA) is 111 Å². The second-order valence-corrected chi connectivity index (χ2v) is 5.95. The number of carbonyl (C=O) groups is 1. The lowest BCUT2D eigenvalue weighted by atomic mass is 10.3. The number of nitrogen functional groups attached to an aromatic ring is 1. The zero-order valence-corrected chi connectivity index (χ0v) is 15.9. The fourth-order valence-electron chi connectivity index (χ4n) is 1.88. The molecule has 8 nitrogen and oxygen atoms in total. The number of nitrogens with one attached hydrogen (secondary N) is 2. The number of allylic oxidation sites excluding steroid dienone is 1. The van der Waals surface area contributed by atoms with Crippen LogP contribution in [0.15, 0.2) is 55.5 Å². The summed E-state index contributed by atoms with van der Waals surface area (Å²) in [6.45, 7) is 3.08. The van der Waals surface area contributed by atoms with Crippen molar-refractivity contribution in [1.29, 1.82) is 0 Å². The van der Waals surface area contributed by atoms with Crippen LogP contribution in [-0.4, -0.2) is 25.0 Å². The van der Waals surface area contributed by atoms with Crippen LogP contribution < -0.4 is 16.4 Å². The van der Waals surface area contributed by atoms with Crippen LogP contribution in [0.1, 0.15) is 0 Å². The summed E-state index contributed by atoms with van der Waals surface area (Å²) in [6, 6.07) is 6.96. The van der Waals surface area contributed by atoms with Crippen molar-refractivity contribution in [2.75, 3.05) is 16.4 Å². The normalized spacial score (nSPS) is 9.74. The summed E-state index contributed by atoms with van der Waals surface area (Å²) >= 11 is 10.8. The molecule has 0 radical (unpaired) electrons. The lowest BCUT2D eigenvalue weighted by Crippen LogP contribution is -2.00. The minimum atomic E-state index is -0.509. The van der Waals surface area contributed by atoms with E-state index in [9.17, 15) is 4.79 Å². The van der Waals surface area contributed by atoms with Crippen molar-refractivity contribution in [3.8, 4) is 0 Å². The number of benzene rings is 1. The first kappa shape index (κ1) is 20.2. The molecule has 3 rings (SSSR count). The molecule has 0 fully saturated rings. The van der Waals surface area contributed by atoms with Gasteiger partial charge in [-0.3, -0.25) is 9.48 Å². The molecule has 0 saturated carbocycles. The molecule has 0 unspecified atom stereocenters. The van der Waals surface area contributed by atoms with Crippen molar-refractivity contribution in [1.82, 2.24) is 19.7 Å². The Morgan fingerprint density at radius 3 is 2.70 bits per heavy atom. The number of nitrogens with two attached hydrogens (primary N) is 1. The molecule has 0 aliphatic heterocycles. The molecule has 0 saturated heterocycles. The van der Waals surface area contributed by atoms with Crippen LogP contribution in [0.3, 0.4) is 0 Å². The van der Waals surface area contributed by atoms with Gasteiger partial charge in [0.25, 0.3) is 0 Å². The van der Waals surface area contributed by atoms with E-state index in [0.29, 0.717) is 28.2 Å². The minimum Gasteiger partial charge on any atom is -0.399 e. The van der Waals surface area contributed by atoms with E-state index in [1.807, 2.05) is 13.2 Å². The van der Waals surface area contributed by atoms with Crippen LogP contribution in [0.4, 0.5) is 28.8 Å². The van der Waals surface area contributed by atoms with E-state index in [1.165, 1.54) is 0 Å². The van der Waals surface area contributed by atoms with Crippen molar-refractivity contribution < 1.29 is 4.79 Å². The molecular formula is C17H17Cl2N7O. The summed E-state index contributed by atoms with van der Waals surface area (Å²) in [5.41, 5.74) is 7.88. The van der Waals surface area contributed by atoms with Crippen molar-refractivity contribution in [2.45, 2.75) is 0 Å². The number of anilines is 5. The molecule has 2 aromatic heterocycles. The molecule has 3 aromatic rings. The number of hydrogen-bond donors (Lipinski definition) is 3. The average molecular weight is 406 g/mol. The van der Waals surface area contributed by atoms with Crippen molar-refractivity contribution >= 4 is 57.3 Å². The SMILES string of the molecule is C=CC(=O)Cl.Cn1cc(Nc2nccc(Nc3cc(N)ccc3Cl)n2)cn1. The fraction of sp³-hybridized carbons (Fsp3) is 0.0588. The highest BCUT2D eigenvalue weighted by atomic mass is 35.5. The molecule has 2 heterocycles. The third-order valence-corrected chi connectivity index (χ3v) is 3.51. The van der Waals surface area contributed by atoms with Gasteiger partial charge >= 0.3 is 0 Å². The Labute approximate surface area is 166 Å². The maximum Gasteiger partial charge on any atom is 0.244 e. The quantitative estimate of drug-likeness (QED) is 0.335. The number of halogens is 2. The first-order valence-electron chi connectivity index (χ1n) is 7.60. The van der Waals surface area contributed by atoms with Gasteiger partial charge in [0.2, 0.25) is 11.2 Å². The van der Waals surface area contributed by atoms with E-state index in [2.05, 4.69) is 32.3 Å². The highest BCUT2D eigenvalue weighted by Gasteiger charge is 2.05. The van der Waals surface area contributed by atoms with Gasteiger partial charge < -0.3 is 16.4 Å². The van der Waals surface area contributed by atoms with Crippen LogP contribution in [0.25, 0.3) is 0 Å². The first-order valence-corrected chi connectivity index (χ1v) is 8.35. The Morgan fingerprint density at radius 2 is 2.07 bits per heavy atom. The molecule has 0 atom stereocenters. The summed E-state index contributed by atoms with van der Waals surface area (Å²) < 4.78 is 1.69. The average Bonchev–Trinajstić information content (AvgIpc) is 3.04. The van der Waals surface area contributed by atoms with Gasteiger partial charge in [-0.2, -0.15) is 10.1 Å². The third-order valence-electron chi connectivity index (χ3n) is 3.03. The highest BCUT2D eigenvalue weighted by Crippen LogP contribution is 2.27. The van der Waals surface area contributed by atoms with Crippen molar-refractivity contribution in [2.24, 2.45) is 7.05 Å². The zero-order valence-electron chi connectivity index (χ0n) is 14.4. The van der Waals surface area contributed by atoms with Gasteiger partial charge in [0.1, 0.15) is 5.82 Å². The predicted molar refractivity (Wildman–Crippen MR) is 109 cm³/mol. The lowest BCUT2D eigenvalue weighted by molar-refractivity contribution is -0.107. The Balaban J connectivity index is 0.000000465. The van der Waals surface area contributed by atoms with Gasteiger partial charge in [-0.1, -0.05) is 18.2 Å². The largest absolute Gasteiger partial charge is 0.399 e. The van der Waals surface area contributed by atoms with E-state index in [4.69, 9.17) is 28.9 Å². The summed E-state index contributed by atoms with van der Waals surface area (Å²) in [5, 5.41) is 10.3. The number of carbonyl (C=O) groups excluding carboxylic acids is 1. The number of hydrogen-bond acceptors (Lipinski definition) is 7. The summed E-state index contributed by atoms with van der Waals surface area (Å²) in [4.78, 5) is 18.0. The number of rotatable bonds is 5. The fourth-order valence-corrected chi connectivity index (χ4v) is 2.04. The van der Waals surface area contributed by atoms with Crippen LogP contribution in [0.2, 0.25) is 5.02 Å². The molecule has 10 heteroatoms. The second kappa shape index (κ2) is 9.56. The molecule has 0 bridgehead atoms. The molecule has 27 heavy (non-hydrogen) atoms. The number of aryl methyl sites for hydroxylation is 1. The smallest absolute Gasteiger partial charge is 0.244 e. The first-order chi connectivity index (χ1) is 12.9.